The van der Waals surface area contributed by atoms with E-state index < -0.39 is 17.4 Å². The quantitative estimate of drug-likeness (QED) is 0.725. The molecular formula is C16H21F2NO3. The summed E-state index contributed by atoms with van der Waals surface area (Å²) in [6.07, 6.45) is 0.475. The third-order valence-electron chi connectivity index (χ3n) is 3.16. The third-order valence-corrected chi connectivity index (χ3v) is 3.16. The Labute approximate surface area is 128 Å². The summed E-state index contributed by atoms with van der Waals surface area (Å²) in [6, 6.07) is 2.55. The van der Waals surface area contributed by atoms with E-state index in [0.717, 1.165) is 12.1 Å². The van der Waals surface area contributed by atoms with E-state index in [1.165, 1.54) is 6.07 Å². The zero-order chi connectivity index (χ0) is 16.7. The SMILES string of the molecule is CC(C)CC(CO)NC(=O)CCC(=O)c1ccc(F)c(F)c1. The number of aliphatic hydroxyl groups is 1. The lowest BCUT2D eigenvalue weighted by molar-refractivity contribution is -0.122. The maximum absolute atomic E-state index is 13.0. The molecule has 2 N–H and O–H groups in total. The zero-order valence-electron chi connectivity index (χ0n) is 12.7. The van der Waals surface area contributed by atoms with Crippen molar-refractivity contribution in [3.8, 4) is 0 Å². The van der Waals surface area contributed by atoms with E-state index in [2.05, 4.69) is 5.32 Å². The van der Waals surface area contributed by atoms with E-state index in [1.54, 1.807) is 0 Å². The number of nitrogens with one attached hydrogen (secondary N) is 1. The molecule has 0 aliphatic rings. The second-order valence-electron chi connectivity index (χ2n) is 5.63. The van der Waals surface area contributed by atoms with Crippen LogP contribution in [0.5, 0.6) is 0 Å². The molecule has 6 heteroatoms. The van der Waals surface area contributed by atoms with Crippen LogP contribution in [0.25, 0.3) is 0 Å². The standard InChI is InChI=1S/C16H21F2NO3/c1-10(2)7-12(9-20)19-16(22)6-5-15(21)11-3-4-13(17)14(18)8-11/h3-4,8,10,12,20H,5-7,9H2,1-2H3,(H,19,22). The molecule has 1 aromatic rings. The van der Waals surface area contributed by atoms with Crippen molar-refractivity contribution in [3.05, 3.63) is 35.4 Å². The van der Waals surface area contributed by atoms with Crippen LogP contribution in [0.2, 0.25) is 0 Å². The highest BCUT2D eigenvalue weighted by molar-refractivity contribution is 5.97. The summed E-state index contributed by atoms with van der Waals surface area (Å²) < 4.78 is 25.8. The van der Waals surface area contributed by atoms with E-state index in [0.29, 0.717) is 12.3 Å². The Morgan fingerprint density at radius 2 is 1.86 bits per heavy atom. The minimum atomic E-state index is -1.09. The molecule has 1 amide bonds. The number of aliphatic hydroxyl groups excluding tert-OH is 1. The predicted octanol–water partition coefficient (Wildman–Crippen LogP) is 2.45. The monoisotopic (exact) mass is 313 g/mol. The molecule has 0 bridgehead atoms. The van der Waals surface area contributed by atoms with E-state index in [4.69, 9.17) is 0 Å². The normalized spacial score (nSPS) is 12.3. The number of carbonyl (C=O) groups excluding carboxylic acids is 2. The Morgan fingerprint density at radius 1 is 1.18 bits per heavy atom. The molecule has 0 saturated heterocycles. The topological polar surface area (TPSA) is 66.4 Å². The van der Waals surface area contributed by atoms with Crippen molar-refractivity contribution in [2.24, 2.45) is 5.92 Å². The van der Waals surface area contributed by atoms with Gasteiger partial charge >= 0.3 is 0 Å². The highest BCUT2D eigenvalue weighted by Crippen LogP contribution is 2.12. The zero-order valence-corrected chi connectivity index (χ0v) is 12.7. The van der Waals surface area contributed by atoms with Crippen LogP contribution >= 0.6 is 0 Å². The summed E-state index contributed by atoms with van der Waals surface area (Å²) in [6.45, 7) is 3.78. The van der Waals surface area contributed by atoms with E-state index in [9.17, 15) is 23.5 Å². The summed E-state index contributed by atoms with van der Waals surface area (Å²) >= 11 is 0. The summed E-state index contributed by atoms with van der Waals surface area (Å²) in [5.41, 5.74) is 0.0348. The Morgan fingerprint density at radius 3 is 2.41 bits per heavy atom. The van der Waals surface area contributed by atoms with Crippen LogP contribution < -0.4 is 5.32 Å². The highest BCUT2D eigenvalue weighted by Gasteiger charge is 2.15. The number of hydrogen-bond acceptors (Lipinski definition) is 3. The van der Waals surface area contributed by atoms with Crippen molar-refractivity contribution in [1.29, 1.82) is 0 Å². The summed E-state index contributed by atoms with van der Waals surface area (Å²) in [5.74, 6) is -2.57. The molecule has 0 saturated carbocycles. The highest BCUT2D eigenvalue weighted by atomic mass is 19.2. The van der Waals surface area contributed by atoms with Crippen LogP contribution in [0.15, 0.2) is 18.2 Å². The lowest BCUT2D eigenvalue weighted by Gasteiger charge is -2.18. The molecule has 1 rings (SSSR count). The Balaban J connectivity index is 2.49. The van der Waals surface area contributed by atoms with E-state index in [1.807, 2.05) is 13.8 Å². The first-order valence-corrected chi connectivity index (χ1v) is 7.22. The second-order valence-corrected chi connectivity index (χ2v) is 5.63. The molecule has 0 heterocycles. The summed E-state index contributed by atoms with van der Waals surface area (Å²) in [7, 11) is 0. The number of halogens is 2. The molecule has 0 aliphatic heterocycles. The first-order chi connectivity index (χ1) is 10.3. The fourth-order valence-electron chi connectivity index (χ4n) is 2.09. The van der Waals surface area contributed by atoms with E-state index in [-0.39, 0.29) is 37.0 Å². The van der Waals surface area contributed by atoms with Gasteiger partial charge in [0, 0.05) is 18.4 Å². The van der Waals surface area contributed by atoms with Crippen molar-refractivity contribution in [1.82, 2.24) is 5.32 Å². The van der Waals surface area contributed by atoms with Gasteiger partial charge in [0.2, 0.25) is 5.91 Å². The Bertz CT molecular complexity index is 532. The number of rotatable bonds is 8. The van der Waals surface area contributed by atoms with Gasteiger partial charge in [0.05, 0.1) is 12.6 Å². The molecule has 4 nitrogen and oxygen atoms in total. The molecule has 0 radical (unpaired) electrons. The maximum atomic E-state index is 13.0. The van der Waals surface area contributed by atoms with Gasteiger partial charge in [-0.25, -0.2) is 8.78 Å². The van der Waals surface area contributed by atoms with Gasteiger partial charge in [-0.1, -0.05) is 13.8 Å². The Hall–Kier alpha value is -1.82. The average Bonchev–Trinajstić information content (AvgIpc) is 2.46. The maximum Gasteiger partial charge on any atom is 0.220 e. The molecule has 1 aromatic carbocycles. The van der Waals surface area contributed by atoms with Gasteiger partial charge in [0.25, 0.3) is 0 Å². The number of benzene rings is 1. The first kappa shape index (κ1) is 18.2. The number of ketones is 1. The van der Waals surface area contributed by atoms with Gasteiger partial charge < -0.3 is 10.4 Å². The number of hydrogen-bond donors (Lipinski definition) is 2. The van der Waals surface area contributed by atoms with Gasteiger partial charge in [0.15, 0.2) is 17.4 Å². The lowest BCUT2D eigenvalue weighted by Crippen LogP contribution is -2.38. The molecular weight excluding hydrogens is 292 g/mol. The number of Topliss-reactive ketones (excluding diaryl/α,β-unsaturated/α-hetero) is 1. The van der Waals surface area contributed by atoms with Crippen molar-refractivity contribution in [2.45, 2.75) is 39.2 Å². The van der Waals surface area contributed by atoms with Gasteiger partial charge in [0.1, 0.15) is 0 Å². The van der Waals surface area contributed by atoms with Crippen LogP contribution in [0.3, 0.4) is 0 Å². The van der Waals surface area contributed by atoms with E-state index >= 15 is 0 Å². The lowest BCUT2D eigenvalue weighted by atomic mass is 10.0. The second kappa shape index (κ2) is 8.58. The van der Waals surface area contributed by atoms with Crippen LogP contribution in [0, 0.1) is 17.6 Å². The fraction of sp³-hybridized carbons (Fsp3) is 0.500. The van der Waals surface area contributed by atoms with Crippen LogP contribution in [-0.4, -0.2) is 29.4 Å². The smallest absolute Gasteiger partial charge is 0.220 e. The van der Waals surface area contributed by atoms with Crippen LogP contribution in [0.4, 0.5) is 8.78 Å². The molecule has 0 spiro atoms. The average molecular weight is 313 g/mol. The molecule has 1 atom stereocenters. The molecule has 0 fully saturated rings. The molecule has 0 aromatic heterocycles. The fourth-order valence-corrected chi connectivity index (χ4v) is 2.09. The largest absolute Gasteiger partial charge is 0.394 e. The molecule has 1 unspecified atom stereocenters. The van der Waals surface area contributed by atoms with Crippen LogP contribution in [0.1, 0.15) is 43.5 Å². The minimum Gasteiger partial charge on any atom is -0.394 e. The van der Waals surface area contributed by atoms with Crippen molar-refractivity contribution < 1.29 is 23.5 Å². The van der Waals surface area contributed by atoms with Crippen molar-refractivity contribution >= 4 is 11.7 Å². The van der Waals surface area contributed by atoms with Crippen molar-refractivity contribution in [3.63, 3.8) is 0 Å². The summed E-state index contributed by atoms with van der Waals surface area (Å²) in [4.78, 5) is 23.6. The van der Waals surface area contributed by atoms with Gasteiger partial charge in [-0.05, 0) is 30.5 Å². The summed E-state index contributed by atoms with van der Waals surface area (Å²) in [5, 5.41) is 11.8. The molecule has 122 valence electrons. The van der Waals surface area contributed by atoms with Gasteiger partial charge in [-0.2, -0.15) is 0 Å². The molecule has 22 heavy (non-hydrogen) atoms. The first-order valence-electron chi connectivity index (χ1n) is 7.22. The third kappa shape index (κ3) is 5.89. The van der Waals surface area contributed by atoms with Crippen molar-refractivity contribution in [2.75, 3.05) is 6.61 Å². The predicted molar refractivity (Wildman–Crippen MR) is 78.4 cm³/mol. The molecule has 0 aliphatic carbocycles. The van der Waals surface area contributed by atoms with Gasteiger partial charge in [-0.3, -0.25) is 9.59 Å². The number of carbonyl (C=O) groups is 2. The number of amides is 1. The Kier molecular flexibility index (Phi) is 7.11. The van der Waals surface area contributed by atoms with Gasteiger partial charge in [-0.15, -0.1) is 0 Å². The minimum absolute atomic E-state index is 0.0348. The van der Waals surface area contributed by atoms with Crippen LogP contribution in [-0.2, 0) is 4.79 Å².